The van der Waals surface area contributed by atoms with E-state index in [1.807, 2.05) is 11.8 Å². The van der Waals surface area contributed by atoms with Crippen molar-refractivity contribution in [3.05, 3.63) is 71.3 Å². The number of aryl methyl sites for hydroxylation is 1. The van der Waals surface area contributed by atoms with E-state index in [-0.39, 0.29) is 0 Å². The highest BCUT2D eigenvalue weighted by Crippen LogP contribution is 2.31. The molecule has 1 heterocycles. The zero-order valence-corrected chi connectivity index (χ0v) is 12.5. The van der Waals surface area contributed by atoms with Gasteiger partial charge in [0.05, 0.1) is 0 Å². The lowest BCUT2D eigenvalue weighted by Gasteiger charge is -2.26. The molecule has 1 aliphatic heterocycles. The maximum atomic E-state index is 3.73. The second-order valence-electron chi connectivity index (χ2n) is 5.31. The Morgan fingerprint density at radius 2 is 1.80 bits per heavy atom. The van der Waals surface area contributed by atoms with Crippen LogP contribution in [0.2, 0.25) is 0 Å². The van der Waals surface area contributed by atoms with E-state index in [2.05, 4.69) is 59.9 Å². The zero-order valence-electron chi connectivity index (χ0n) is 11.7. The molecule has 1 nitrogen and oxygen atoms in total. The van der Waals surface area contributed by atoms with E-state index in [0.29, 0.717) is 6.04 Å². The number of thioether (sulfide) groups is 1. The first-order chi connectivity index (χ1) is 9.93. The van der Waals surface area contributed by atoms with Gasteiger partial charge in [-0.2, -0.15) is 11.8 Å². The molecule has 0 bridgehead atoms. The summed E-state index contributed by atoms with van der Waals surface area (Å²) in [6.07, 6.45) is 2.36. The molecule has 1 N–H and O–H groups in total. The minimum Gasteiger partial charge on any atom is -0.309 e. The van der Waals surface area contributed by atoms with Gasteiger partial charge in [-0.3, -0.25) is 0 Å². The van der Waals surface area contributed by atoms with E-state index in [9.17, 15) is 0 Å². The SMILES string of the molecule is c1ccc(CCCNC2CSCc3ccccc32)cc1. The summed E-state index contributed by atoms with van der Waals surface area (Å²) in [5.74, 6) is 2.36. The molecule has 0 spiro atoms. The van der Waals surface area contributed by atoms with E-state index in [4.69, 9.17) is 0 Å². The molecule has 0 radical (unpaired) electrons. The Hall–Kier alpha value is -1.25. The predicted octanol–water partition coefficient (Wildman–Crippen LogP) is 4.20. The van der Waals surface area contributed by atoms with Crippen molar-refractivity contribution >= 4 is 11.8 Å². The molecule has 0 saturated carbocycles. The molecule has 0 aliphatic carbocycles. The molecule has 3 rings (SSSR count). The molecule has 2 aromatic rings. The van der Waals surface area contributed by atoms with Gasteiger partial charge in [0, 0.05) is 17.5 Å². The van der Waals surface area contributed by atoms with Crippen LogP contribution in [-0.4, -0.2) is 12.3 Å². The van der Waals surface area contributed by atoms with Crippen molar-refractivity contribution in [2.24, 2.45) is 0 Å². The minimum atomic E-state index is 0.528. The fourth-order valence-corrected chi connectivity index (χ4v) is 3.90. The summed E-state index contributed by atoms with van der Waals surface area (Å²) < 4.78 is 0. The Morgan fingerprint density at radius 1 is 1.00 bits per heavy atom. The second kappa shape index (κ2) is 6.96. The van der Waals surface area contributed by atoms with Gasteiger partial charge < -0.3 is 5.32 Å². The molecule has 2 aromatic carbocycles. The summed E-state index contributed by atoms with van der Waals surface area (Å²) in [6, 6.07) is 20.1. The van der Waals surface area contributed by atoms with Gasteiger partial charge in [-0.05, 0) is 36.1 Å². The molecule has 1 aliphatic rings. The molecule has 0 amide bonds. The van der Waals surface area contributed by atoms with E-state index >= 15 is 0 Å². The van der Waals surface area contributed by atoms with Gasteiger partial charge in [0.15, 0.2) is 0 Å². The highest BCUT2D eigenvalue weighted by molar-refractivity contribution is 7.98. The Labute approximate surface area is 125 Å². The van der Waals surface area contributed by atoms with Crippen molar-refractivity contribution in [3.8, 4) is 0 Å². The average Bonchev–Trinajstić information content (AvgIpc) is 2.53. The monoisotopic (exact) mass is 283 g/mol. The summed E-state index contributed by atoms with van der Waals surface area (Å²) in [4.78, 5) is 0. The van der Waals surface area contributed by atoms with Gasteiger partial charge in [-0.15, -0.1) is 0 Å². The van der Waals surface area contributed by atoms with Gasteiger partial charge in [0.2, 0.25) is 0 Å². The van der Waals surface area contributed by atoms with Crippen LogP contribution < -0.4 is 5.32 Å². The van der Waals surface area contributed by atoms with Crippen LogP contribution in [0.5, 0.6) is 0 Å². The Bertz CT molecular complexity index is 538. The number of benzene rings is 2. The van der Waals surface area contributed by atoms with Crippen molar-refractivity contribution in [3.63, 3.8) is 0 Å². The molecular formula is C18H21NS. The Kier molecular flexibility index (Phi) is 4.77. The smallest absolute Gasteiger partial charge is 0.0415 e. The van der Waals surface area contributed by atoms with Gasteiger partial charge >= 0.3 is 0 Å². The fourth-order valence-electron chi connectivity index (χ4n) is 2.76. The van der Waals surface area contributed by atoms with Crippen molar-refractivity contribution in [2.45, 2.75) is 24.6 Å². The number of hydrogen-bond donors (Lipinski definition) is 1. The van der Waals surface area contributed by atoms with Crippen LogP contribution in [0.4, 0.5) is 0 Å². The van der Waals surface area contributed by atoms with Crippen LogP contribution in [0.15, 0.2) is 54.6 Å². The summed E-state index contributed by atoms with van der Waals surface area (Å²) in [6.45, 7) is 1.09. The lowest BCUT2D eigenvalue weighted by Crippen LogP contribution is -2.27. The molecule has 0 aromatic heterocycles. The Balaban J connectivity index is 1.50. The van der Waals surface area contributed by atoms with Gasteiger partial charge in [0.25, 0.3) is 0 Å². The highest BCUT2D eigenvalue weighted by atomic mass is 32.2. The van der Waals surface area contributed by atoms with Crippen LogP contribution in [0.25, 0.3) is 0 Å². The molecular weight excluding hydrogens is 262 g/mol. The highest BCUT2D eigenvalue weighted by Gasteiger charge is 2.18. The largest absolute Gasteiger partial charge is 0.309 e. The summed E-state index contributed by atoms with van der Waals surface area (Å²) in [7, 11) is 0. The first kappa shape index (κ1) is 13.7. The molecule has 0 fully saturated rings. The third-order valence-corrected chi connectivity index (χ3v) is 4.93. The van der Waals surface area contributed by atoms with Crippen LogP contribution in [0.3, 0.4) is 0 Å². The third kappa shape index (κ3) is 3.44. The van der Waals surface area contributed by atoms with Crippen molar-refractivity contribution in [1.29, 1.82) is 0 Å². The molecule has 1 unspecified atom stereocenters. The lowest BCUT2D eigenvalue weighted by atomic mass is 10.0. The van der Waals surface area contributed by atoms with E-state index in [1.165, 1.54) is 34.6 Å². The van der Waals surface area contributed by atoms with E-state index in [1.54, 1.807) is 0 Å². The number of fused-ring (bicyclic) bond motifs is 1. The molecule has 0 saturated heterocycles. The van der Waals surface area contributed by atoms with Crippen molar-refractivity contribution < 1.29 is 0 Å². The number of nitrogens with one attached hydrogen (secondary N) is 1. The van der Waals surface area contributed by atoms with Gasteiger partial charge in [-0.1, -0.05) is 54.6 Å². The van der Waals surface area contributed by atoms with Crippen LogP contribution >= 0.6 is 11.8 Å². The van der Waals surface area contributed by atoms with Crippen molar-refractivity contribution in [1.82, 2.24) is 5.32 Å². The lowest BCUT2D eigenvalue weighted by molar-refractivity contribution is 0.559. The molecule has 104 valence electrons. The van der Waals surface area contributed by atoms with Gasteiger partial charge in [-0.25, -0.2) is 0 Å². The van der Waals surface area contributed by atoms with E-state index < -0.39 is 0 Å². The number of rotatable bonds is 5. The fraction of sp³-hybridized carbons (Fsp3) is 0.333. The van der Waals surface area contributed by atoms with Crippen LogP contribution in [0.1, 0.15) is 29.2 Å². The van der Waals surface area contributed by atoms with Crippen LogP contribution in [-0.2, 0) is 12.2 Å². The summed E-state index contributed by atoms with van der Waals surface area (Å²) >= 11 is 2.04. The molecule has 1 atom stereocenters. The number of hydrogen-bond acceptors (Lipinski definition) is 2. The van der Waals surface area contributed by atoms with E-state index in [0.717, 1.165) is 13.0 Å². The minimum absolute atomic E-state index is 0.528. The maximum absolute atomic E-state index is 3.73. The quantitative estimate of drug-likeness (QED) is 0.826. The molecule has 2 heteroatoms. The van der Waals surface area contributed by atoms with Gasteiger partial charge in [0.1, 0.15) is 0 Å². The van der Waals surface area contributed by atoms with Crippen LogP contribution in [0, 0.1) is 0 Å². The maximum Gasteiger partial charge on any atom is 0.0415 e. The predicted molar refractivity (Wildman–Crippen MR) is 88.1 cm³/mol. The Morgan fingerprint density at radius 3 is 2.70 bits per heavy atom. The topological polar surface area (TPSA) is 12.0 Å². The van der Waals surface area contributed by atoms with Crippen molar-refractivity contribution in [2.75, 3.05) is 12.3 Å². The summed E-state index contributed by atoms with van der Waals surface area (Å²) in [5.41, 5.74) is 4.45. The normalized spacial score (nSPS) is 17.7. The molecule has 20 heavy (non-hydrogen) atoms. The third-order valence-electron chi connectivity index (χ3n) is 3.85. The average molecular weight is 283 g/mol. The second-order valence-corrected chi connectivity index (χ2v) is 6.34. The standard InChI is InChI=1S/C18H21NS/c1-2-7-15(8-3-1)9-6-12-19-18-14-20-13-16-10-4-5-11-17(16)18/h1-5,7-8,10-11,18-19H,6,9,12-14H2. The summed E-state index contributed by atoms with van der Waals surface area (Å²) in [5, 5.41) is 3.73. The zero-order chi connectivity index (χ0) is 13.6. The first-order valence-corrected chi connectivity index (χ1v) is 8.52. The first-order valence-electron chi connectivity index (χ1n) is 7.36.